The number of ketones is 5. The predicted molar refractivity (Wildman–Crippen MR) is 403 cm³/mol. The number of hydrogen-bond donors (Lipinski definition) is 0. The second-order valence-corrected chi connectivity index (χ2v) is 35.7. The Labute approximate surface area is 575 Å². The molecule has 0 radical (unpaired) electrons. The van der Waals surface area contributed by atoms with Gasteiger partial charge in [0.25, 0.3) is 0 Å². The molecule has 0 aliphatic heterocycles. The van der Waals surface area contributed by atoms with Crippen LogP contribution in [-0.4, -0.2) is 156 Å². The standard InChI is InChI=1S/C11H23NO.C10H21NO.C10H20O2.C9H19NO.C9H18O.C8H18O2S.C7H14O.C6H14O2S.C6H14/c1-9(2)6-11(13)7-10(3)8-12(4)5;1-8(2)10(12)6-9(3)7-11(4)5;1-8(2)12-7-9(11)6-10(3,4)5;1-5-6-9(11)10(4)7-8(2)3;1-4-5-9(10)7-6-8(2)3;1-5-8(4)11(9,10)6-7(2)3;1-4-5-7(8)6(2)3;1-4-5-9(7,8)6(2)3;1-4-5-6(2)3/h9-10H,6-8H2,1-5H3;8-9H,6-7H2,1-5H3;8H,6-7H2,1-5H3;8H,5-7H2,1-4H3;8H,4-7H2,1-3H3;7-8H,5-6H2,1-4H3;6H,4-5H2,1-3H3;6H,4-5H2,1-3H3;6H,4-5H2,1-3H3. The molecule has 0 rings (SSSR count). The van der Waals surface area contributed by atoms with Gasteiger partial charge in [0, 0.05) is 89.9 Å². The van der Waals surface area contributed by atoms with E-state index in [2.05, 4.69) is 107 Å². The minimum Gasteiger partial charge on any atom is -0.371 e. The third-order valence-corrected chi connectivity index (χ3v) is 18.2. The van der Waals surface area contributed by atoms with E-state index < -0.39 is 19.7 Å². The highest BCUT2D eigenvalue weighted by atomic mass is 32.2. The lowest BCUT2D eigenvalue weighted by atomic mass is 9.90. The van der Waals surface area contributed by atoms with Crippen LogP contribution in [0.3, 0.4) is 0 Å². The van der Waals surface area contributed by atoms with Gasteiger partial charge in [-0.05, 0) is 148 Å². The highest BCUT2D eigenvalue weighted by molar-refractivity contribution is 7.92. The molecular weight excluding hydrogens is 1190 g/mol. The Hall–Kier alpha value is -2.40. The van der Waals surface area contributed by atoms with Crippen LogP contribution in [0.2, 0.25) is 0 Å². The summed E-state index contributed by atoms with van der Waals surface area (Å²) in [5.41, 5.74) is 0.0808. The molecule has 0 aliphatic carbocycles. The molecule has 92 heavy (non-hydrogen) atoms. The molecule has 0 N–H and O–H groups in total. The summed E-state index contributed by atoms with van der Waals surface area (Å²) in [5.74, 6) is 6.97. The van der Waals surface area contributed by atoms with Gasteiger partial charge in [-0.1, -0.05) is 186 Å². The van der Waals surface area contributed by atoms with Gasteiger partial charge in [-0.2, -0.15) is 0 Å². The maximum atomic E-state index is 11.4. The highest BCUT2D eigenvalue weighted by Crippen LogP contribution is 2.19. The minimum atomic E-state index is -2.81. The summed E-state index contributed by atoms with van der Waals surface area (Å²) in [6.07, 6.45) is 14.0. The number of sulfone groups is 2. The molecule has 3 atom stereocenters. The first kappa shape index (κ1) is 108. The zero-order chi connectivity index (χ0) is 74.9. The first-order valence-electron chi connectivity index (χ1n) is 35.9. The van der Waals surface area contributed by atoms with Crippen molar-refractivity contribution in [2.75, 3.05) is 73.0 Å². The van der Waals surface area contributed by atoms with Crippen LogP contribution in [0.1, 0.15) is 310 Å². The minimum absolute atomic E-state index is 0.0808. The molecular formula is C76H161N3O11S2. The van der Waals surface area contributed by atoms with Crippen LogP contribution in [0.25, 0.3) is 0 Å². The SMILES string of the molecule is CC(C)CC(=O)CC(C)CN(C)C.CC(C)OCC(=O)CC(C)(C)C.CC(CC(=O)C(C)C)CN(C)C.CCC(C)S(=O)(=O)CC(C)C.CCCC(=O)C(C)C.CCCC(=O)CCC(C)C.CCCC(=O)N(C)CC(C)C.CCCC(C)C.CCCS(=O)(=O)C(C)C. The molecule has 0 fully saturated rings. The van der Waals surface area contributed by atoms with Crippen molar-refractivity contribution in [1.29, 1.82) is 0 Å². The molecule has 0 saturated heterocycles. The largest absolute Gasteiger partial charge is 0.371 e. The van der Waals surface area contributed by atoms with Crippen LogP contribution in [0.4, 0.5) is 0 Å². The van der Waals surface area contributed by atoms with Crippen molar-refractivity contribution in [1.82, 2.24) is 14.7 Å². The molecule has 0 aliphatic rings. The van der Waals surface area contributed by atoms with E-state index in [0.29, 0.717) is 77.1 Å². The fourth-order valence-electron chi connectivity index (χ4n) is 8.21. The summed E-state index contributed by atoms with van der Waals surface area (Å²) in [5, 5.41) is -0.387. The monoisotopic (exact) mass is 1360 g/mol. The Morgan fingerprint density at radius 3 is 1.13 bits per heavy atom. The number of amides is 1. The number of hydrogen-bond acceptors (Lipinski definition) is 13. The van der Waals surface area contributed by atoms with Crippen molar-refractivity contribution >= 4 is 54.5 Å². The summed E-state index contributed by atoms with van der Waals surface area (Å²) >= 11 is 0. The van der Waals surface area contributed by atoms with Crippen LogP contribution < -0.4 is 0 Å². The molecule has 16 heteroatoms. The molecule has 0 aromatic carbocycles. The van der Waals surface area contributed by atoms with Crippen molar-refractivity contribution in [3.8, 4) is 0 Å². The van der Waals surface area contributed by atoms with Gasteiger partial charge in [-0.3, -0.25) is 28.8 Å². The molecule has 558 valence electrons. The fourth-order valence-corrected chi connectivity index (χ4v) is 11.0. The third-order valence-electron chi connectivity index (χ3n) is 13.1. The van der Waals surface area contributed by atoms with E-state index in [0.717, 1.165) is 103 Å². The normalized spacial score (nSPS) is 12.3. The van der Waals surface area contributed by atoms with E-state index in [9.17, 15) is 45.6 Å². The summed E-state index contributed by atoms with van der Waals surface area (Å²) < 4.78 is 49.8. The van der Waals surface area contributed by atoms with Crippen molar-refractivity contribution < 1.29 is 50.3 Å². The van der Waals surface area contributed by atoms with Gasteiger partial charge in [0.1, 0.15) is 29.7 Å². The van der Waals surface area contributed by atoms with Crippen molar-refractivity contribution in [2.24, 2.45) is 58.7 Å². The quantitative estimate of drug-likeness (QED) is 0.0576. The average Bonchev–Trinajstić information content (AvgIpc) is 3.03. The lowest BCUT2D eigenvalue weighted by Gasteiger charge is -2.18. The van der Waals surface area contributed by atoms with Gasteiger partial charge >= 0.3 is 0 Å². The van der Waals surface area contributed by atoms with Crippen molar-refractivity contribution in [3.63, 3.8) is 0 Å². The van der Waals surface area contributed by atoms with Gasteiger partial charge < -0.3 is 19.4 Å². The van der Waals surface area contributed by atoms with Crippen LogP contribution in [0.5, 0.6) is 0 Å². The zero-order valence-electron chi connectivity index (χ0n) is 67.6. The Kier molecular flexibility index (Phi) is 77.5. The topological polar surface area (TPSA) is 190 Å². The lowest BCUT2D eigenvalue weighted by molar-refractivity contribution is -0.130. The maximum Gasteiger partial charge on any atom is 0.222 e. The first-order valence-corrected chi connectivity index (χ1v) is 39.4. The number of ether oxygens (including phenoxy) is 1. The van der Waals surface area contributed by atoms with E-state index in [-0.39, 0.29) is 58.1 Å². The lowest BCUT2D eigenvalue weighted by Crippen LogP contribution is -2.29. The number of carbonyl (C=O) groups excluding carboxylic acids is 6. The predicted octanol–water partition coefficient (Wildman–Crippen LogP) is 18.6. The van der Waals surface area contributed by atoms with Gasteiger partial charge in [0.15, 0.2) is 25.5 Å². The van der Waals surface area contributed by atoms with E-state index >= 15 is 0 Å². The molecule has 0 aromatic heterocycles. The van der Waals surface area contributed by atoms with Crippen LogP contribution in [0.15, 0.2) is 0 Å². The van der Waals surface area contributed by atoms with Crippen molar-refractivity contribution in [2.45, 2.75) is 327 Å². The summed E-state index contributed by atoms with van der Waals surface area (Å²) in [6, 6.07) is 0. The van der Waals surface area contributed by atoms with Gasteiger partial charge in [-0.25, -0.2) is 16.8 Å². The highest BCUT2D eigenvalue weighted by Gasteiger charge is 2.20. The van der Waals surface area contributed by atoms with E-state index in [4.69, 9.17) is 4.74 Å². The van der Waals surface area contributed by atoms with Gasteiger partial charge in [0.2, 0.25) is 5.91 Å². The maximum absolute atomic E-state index is 11.4. The Balaban J connectivity index is -0.000000121. The smallest absolute Gasteiger partial charge is 0.222 e. The van der Waals surface area contributed by atoms with E-state index in [1.807, 2.05) is 130 Å². The zero-order valence-corrected chi connectivity index (χ0v) is 69.3. The summed E-state index contributed by atoms with van der Waals surface area (Å²) in [4.78, 5) is 72.9. The Morgan fingerprint density at radius 1 is 0.424 bits per heavy atom. The summed E-state index contributed by atoms with van der Waals surface area (Å²) in [6.45, 7) is 63.7. The number of carbonyl (C=O) groups is 6. The van der Waals surface area contributed by atoms with E-state index in [1.165, 1.54) is 12.8 Å². The van der Waals surface area contributed by atoms with Gasteiger partial charge in [-0.15, -0.1) is 0 Å². The van der Waals surface area contributed by atoms with Crippen molar-refractivity contribution in [3.05, 3.63) is 0 Å². The number of rotatable bonds is 36. The molecule has 1 amide bonds. The Bertz CT molecular complexity index is 1970. The molecule has 0 heterocycles. The number of nitrogens with zero attached hydrogens (tertiary/aromatic N) is 3. The molecule has 0 aromatic rings. The fraction of sp³-hybridized carbons (Fsp3) is 0.921. The molecule has 0 bridgehead atoms. The van der Waals surface area contributed by atoms with E-state index in [1.54, 1.807) is 20.8 Å². The Morgan fingerprint density at radius 2 is 0.859 bits per heavy atom. The van der Waals surface area contributed by atoms with Crippen LogP contribution in [-0.2, 0) is 53.2 Å². The third kappa shape index (κ3) is 94.0. The average molecular weight is 1360 g/mol. The molecule has 0 saturated carbocycles. The molecule has 3 unspecified atom stereocenters. The number of Topliss-reactive ketones (excluding diaryl/α,β-unsaturated/α-hetero) is 5. The summed E-state index contributed by atoms with van der Waals surface area (Å²) in [7, 11) is 4.48. The molecule has 14 nitrogen and oxygen atoms in total. The van der Waals surface area contributed by atoms with Crippen LogP contribution in [0, 0.1) is 58.7 Å². The van der Waals surface area contributed by atoms with Crippen LogP contribution >= 0.6 is 0 Å². The molecule has 0 spiro atoms. The second kappa shape index (κ2) is 65.9. The second-order valence-electron chi connectivity index (χ2n) is 30.6. The van der Waals surface area contributed by atoms with Gasteiger partial charge in [0.05, 0.1) is 28.1 Å². The first-order chi connectivity index (χ1) is 41.7.